The van der Waals surface area contributed by atoms with Crippen molar-refractivity contribution in [3.63, 3.8) is 0 Å². The van der Waals surface area contributed by atoms with E-state index in [4.69, 9.17) is 4.74 Å². The standard InChI is InChI=1S/C29H25NO/c1-2-9-20(10-3-1)19-31-27-18-8-17-26-23-14-7-16-25(23)28(30-29(26)27)24-15-6-12-21-11-4-5-13-22(21)24/h1-15,17-18,23,25,28,30H,16,19H2. The maximum absolute atomic E-state index is 6.32. The summed E-state index contributed by atoms with van der Waals surface area (Å²) in [7, 11) is 0. The van der Waals surface area contributed by atoms with Crippen LogP contribution in [0, 0.1) is 5.92 Å². The molecule has 0 spiro atoms. The van der Waals surface area contributed by atoms with E-state index >= 15 is 0 Å². The summed E-state index contributed by atoms with van der Waals surface area (Å²) in [5.74, 6) is 1.87. The van der Waals surface area contributed by atoms with Crippen molar-refractivity contribution in [3.05, 3.63) is 120 Å². The number of hydrogen-bond donors (Lipinski definition) is 1. The lowest BCUT2D eigenvalue weighted by atomic mass is 9.76. The number of ether oxygens (including phenoxy) is 1. The summed E-state index contributed by atoms with van der Waals surface area (Å²) >= 11 is 0. The Morgan fingerprint density at radius 2 is 1.55 bits per heavy atom. The van der Waals surface area contributed by atoms with E-state index in [1.807, 2.05) is 6.07 Å². The zero-order valence-electron chi connectivity index (χ0n) is 17.4. The Kier molecular flexibility index (Phi) is 4.49. The third-order valence-electron chi connectivity index (χ3n) is 6.75. The molecule has 0 saturated carbocycles. The molecule has 2 heteroatoms. The first-order valence-electron chi connectivity index (χ1n) is 11.1. The molecule has 4 aromatic rings. The Labute approximate surface area is 183 Å². The molecule has 0 bridgehead atoms. The SMILES string of the molecule is C1=CC2c3cccc(OCc4ccccc4)c3NC(c3cccc4ccccc34)C2C1. The van der Waals surface area contributed by atoms with Crippen LogP contribution in [-0.4, -0.2) is 0 Å². The molecule has 1 N–H and O–H groups in total. The Hall–Kier alpha value is -3.52. The Morgan fingerprint density at radius 3 is 2.48 bits per heavy atom. The van der Waals surface area contributed by atoms with Crippen LogP contribution in [0.1, 0.15) is 35.1 Å². The first kappa shape index (κ1) is 18.3. The molecule has 6 rings (SSSR count). The molecular formula is C29H25NO. The van der Waals surface area contributed by atoms with E-state index in [0.29, 0.717) is 18.4 Å². The summed E-state index contributed by atoms with van der Waals surface area (Å²) in [6.07, 6.45) is 5.84. The molecule has 4 aromatic carbocycles. The first-order chi connectivity index (χ1) is 15.4. The van der Waals surface area contributed by atoms with Gasteiger partial charge in [0.15, 0.2) is 0 Å². The van der Waals surface area contributed by atoms with Gasteiger partial charge in [0.1, 0.15) is 12.4 Å². The van der Waals surface area contributed by atoms with Crippen LogP contribution in [0.2, 0.25) is 0 Å². The minimum absolute atomic E-state index is 0.250. The van der Waals surface area contributed by atoms with E-state index in [2.05, 4.69) is 102 Å². The van der Waals surface area contributed by atoms with Gasteiger partial charge in [-0.05, 0) is 45.9 Å². The molecule has 3 atom stereocenters. The predicted octanol–water partition coefficient (Wildman–Crippen LogP) is 7.25. The lowest BCUT2D eigenvalue weighted by Gasteiger charge is -2.38. The third kappa shape index (κ3) is 3.19. The van der Waals surface area contributed by atoms with Gasteiger partial charge in [0.05, 0.1) is 11.7 Å². The first-order valence-corrected chi connectivity index (χ1v) is 11.1. The van der Waals surface area contributed by atoms with E-state index in [-0.39, 0.29) is 6.04 Å². The van der Waals surface area contributed by atoms with Gasteiger partial charge in [0.2, 0.25) is 0 Å². The number of para-hydroxylation sites is 1. The molecule has 1 heterocycles. The van der Waals surface area contributed by atoms with Gasteiger partial charge in [-0.1, -0.05) is 97.1 Å². The number of fused-ring (bicyclic) bond motifs is 4. The average molecular weight is 404 g/mol. The summed E-state index contributed by atoms with van der Waals surface area (Å²) in [5.41, 5.74) is 5.05. The van der Waals surface area contributed by atoms with Gasteiger partial charge < -0.3 is 10.1 Å². The minimum atomic E-state index is 0.250. The van der Waals surface area contributed by atoms with Crippen molar-refractivity contribution >= 4 is 16.5 Å². The second kappa shape index (κ2) is 7.63. The van der Waals surface area contributed by atoms with Gasteiger partial charge in [-0.25, -0.2) is 0 Å². The molecule has 3 unspecified atom stereocenters. The summed E-state index contributed by atoms with van der Waals surface area (Å²) in [6, 6.07) is 32.5. The molecule has 1 aliphatic carbocycles. The van der Waals surface area contributed by atoms with Gasteiger partial charge in [-0.3, -0.25) is 0 Å². The van der Waals surface area contributed by atoms with E-state index < -0.39 is 0 Å². The molecule has 0 aromatic heterocycles. The maximum Gasteiger partial charge on any atom is 0.143 e. The largest absolute Gasteiger partial charge is 0.487 e. The molecule has 31 heavy (non-hydrogen) atoms. The monoisotopic (exact) mass is 403 g/mol. The molecule has 0 radical (unpaired) electrons. The van der Waals surface area contributed by atoms with E-state index in [1.165, 1.54) is 27.5 Å². The second-order valence-electron chi connectivity index (χ2n) is 8.54. The Bertz CT molecular complexity index is 1250. The van der Waals surface area contributed by atoms with Crippen LogP contribution >= 0.6 is 0 Å². The van der Waals surface area contributed by atoms with Gasteiger partial charge >= 0.3 is 0 Å². The second-order valence-corrected chi connectivity index (χ2v) is 8.54. The van der Waals surface area contributed by atoms with E-state index in [9.17, 15) is 0 Å². The minimum Gasteiger partial charge on any atom is -0.487 e. The summed E-state index contributed by atoms with van der Waals surface area (Å²) < 4.78 is 6.32. The van der Waals surface area contributed by atoms with Crippen molar-refractivity contribution in [1.29, 1.82) is 0 Å². The van der Waals surface area contributed by atoms with Crippen molar-refractivity contribution < 1.29 is 4.74 Å². The molecule has 152 valence electrons. The highest BCUT2D eigenvalue weighted by Crippen LogP contribution is 2.52. The molecule has 0 saturated heterocycles. The van der Waals surface area contributed by atoms with Crippen molar-refractivity contribution in [1.82, 2.24) is 0 Å². The van der Waals surface area contributed by atoms with Crippen LogP contribution in [0.15, 0.2) is 103 Å². The number of benzene rings is 4. The fourth-order valence-electron chi connectivity index (χ4n) is 5.28. The lowest BCUT2D eigenvalue weighted by molar-refractivity contribution is 0.304. The van der Waals surface area contributed by atoms with Crippen LogP contribution in [0.25, 0.3) is 10.8 Å². The molecular weight excluding hydrogens is 378 g/mol. The van der Waals surface area contributed by atoms with Crippen LogP contribution in [0.5, 0.6) is 5.75 Å². The molecule has 0 amide bonds. The zero-order chi connectivity index (χ0) is 20.6. The third-order valence-corrected chi connectivity index (χ3v) is 6.75. The fourth-order valence-corrected chi connectivity index (χ4v) is 5.28. The Morgan fingerprint density at radius 1 is 0.774 bits per heavy atom. The van der Waals surface area contributed by atoms with Gasteiger partial charge in [0.25, 0.3) is 0 Å². The smallest absolute Gasteiger partial charge is 0.143 e. The van der Waals surface area contributed by atoms with Gasteiger partial charge in [-0.15, -0.1) is 0 Å². The average Bonchev–Trinajstić information content (AvgIpc) is 3.33. The van der Waals surface area contributed by atoms with Gasteiger partial charge in [0, 0.05) is 5.92 Å². The zero-order valence-corrected chi connectivity index (χ0v) is 17.4. The number of nitrogens with one attached hydrogen (secondary N) is 1. The Balaban J connectivity index is 1.41. The lowest BCUT2D eigenvalue weighted by Crippen LogP contribution is -2.29. The summed E-state index contributed by atoms with van der Waals surface area (Å²) in [6.45, 7) is 0.571. The normalized spacial score (nSPS) is 21.4. The van der Waals surface area contributed by atoms with Gasteiger partial charge in [-0.2, -0.15) is 0 Å². The topological polar surface area (TPSA) is 21.3 Å². The highest BCUT2D eigenvalue weighted by molar-refractivity contribution is 5.87. The quantitative estimate of drug-likeness (QED) is 0.362. The van der Waals surface area contributed by atoms with Crippen LogP contribution in [-0.2, 0) is 6.61 Å². The van der Waals surface area contributed by atoms with E-state index in [1.54, 1.807) is 0 Å². The molecule has 2 aliphatic rings. The predicted molar refractivity (Wildman–Crippen MR) is 128 cm³/mol. The van der Waals surface area contributed by atoms with Crippen LogP contribution in [0.3, 0.4) is 0 Å². The van der Waals surface area contributed by atoms with Crippen molar-refractivity contribution in [2.45, 2.75) is 25.0 Å². The van der Waals surface area contributed by atoms with Crippen molar-refractivity contribution in [2.75, 3.05) is 5.32 Å². The summed E-state index contributed by atoms with van der Waals surface area (Å²) in [4.78, 5) is 0. The molecule has 0 fully saturated rings. The molecule has 1 aliphatic heterocycles. The van der Waals surface area contributed by atoms with Crippen molar-refractivity contribution in [3.8, 4) is 5.75 Å². The maximum atomic E-state index is 6.32. The van der Waals surface area contributed by atoms with E-state index in [0.717, 1.165) is 17.9 Å². The number of allylic oxidation sites excluding steroid dienone is 2. The number of rotatable bonds is 4. The van der Waals surface area contributed by atoms with Crippen LogP contribution < -0.4 is 10.1 Å². The number of hydrogen-bond acceptors (Lipinski definition) is 2. The molecule has 2 nitrogen and oxygen atoms in total. The van der Waals surface area contributed by atoms with Crippen LogP contribution in [0.4, 0.5) is 5.69 Å². The number of anilines is 1. The highest BCUT2D eigenvalue weighted by atomic mass is 16.5. The highest BCUT2D eigenvalue weighted by Gasteiger charge is 2.39. The fraction of sp³-hybridized carbons (Fsp3) is 0.172. The summed E-state index contributed by atoms with van der Waals surface area (Å²) in [5, 5.41) is 6.54. The van der Waals surface area contributed by atoms with Crippen molar-refractivity contribution in [2.24, 2.45) is 5.92 Å².